The van der Waals surface area contributed by atoms with Gasteiger partial charge in [-0.05, 0) is 43.0 Å². The third-order valence-electron chi connectivity index (χ3n) is 3.59. The maximum absolute atomic E-state index is 10.1. The number of aliphatic hydroxyl groups excluding tert-OH is 1. The van der Waals surface area contributed by atoms with Gasteiger partial charge in [-0.1, -0.05) is 11.6 Å². The van der Waals surface area contributed by atoms with E-state index in [1.54, 1.807) is 7.11 Å². The molecule has 1 aromatic rings. The van der Waals surface area contributed by atoms with Crippen molar-refractivity contribution < 1.29 is 14.6 Å². The lowest BCUT2D eigenvalue weighted by Gasteiger charge is -2.15. The first kappa shape index (κ1) is 14.6. The van der Waals surface area contributed by atoms with Crippen LogP contribution in [0.3, 0.4) is 0 Å². The van der Waals surface area contributed by atoms with Crippen LogP contribution in [0.2, 0.25) is 5.02 Å². The zero-order valence-electron chi connectivity index (χ0n) is 11.5. The number of hydrogen-bond acceptors (Lipinski definition) is 3. The van der Waals surface area contributed by atoms with E-state index in [4.69, 9.17) is 21.1 Å². The first-order chi connectivity index (χ1) is 9.10. The van der Waals surface area contributed by atoms with Crippen molar-refractivity contribution in [3.63, 3.8) is 0 Å². The molecule has 0 bridgehead atoms. The summed E-state index contributed by atoms with van der Waals surface area (Å²) in [6.45, 7) is 2.71. The summed E-state index contributed by atoms with van der Waals surface area (Å²) in [6, 6.07) is 3.85. The summed E-state index contributed by atoms with van der Waals surface area (Å²) >= 11 is 6.10. The van der Waals surface area contributed by atoms with Gasteiger partial charge in [-0.15, -0.1) is 0 Å². The van der Waals surface area contributed by atoms with Crippen molar-refractivity contribution in [1.29, 1.82) is 0 Å². The van der Waals surface area contributed by atoms with E-state index in [-0.39, 0.29) is 12.2 Å². The molecule has 1 heterocycles. The number of halogens is 1. The van der Waals surface area contributed by atoms with E-state index in [0.29, 0.717) is 13.0 Å². The molecule has 4 heteroatoms. The maximum Gasteiger partial charge on any atom is 0.126 e. The van der Waals surface area contributed by atoms with Crippen molar-refractivity contribution in [3.8, 4) is 5.75 Å². The molecule has 0 aromatic heterocycles. The molecule has 106 valence electrons. The Bertz CT molecular complexity index is 434. The molecule has 2 atom stereocenters. The van der Waals surface area contributed by atoms with Crippen molar-refractivity contribution in [1.82, 2.24) is 0 Å². The molecular weight excluding hydrogens is 264 g/mol. The highest BCUT2D eigenvalue weighted by molar-refractivity contribution is 6.30. The standard InChI is InChI=1S/C15H21ClO3/c1-10(18-2)3-4-14(17)9-12-8-13(16)7-11-5-6-19-15(11)12/h7-8,10,14,17H,3-6,9H2,1-2H3. The van der Waals surface area contributed by atoms with Gasteiger partial charge in [-0.3, -0.25) is 0 Å². The summed E-state index contributed by atoms with van der Waals surface area (Å²) in [5.74, 6) is 0.920. The van der Waals surface area contributed by atoms with E-state index in [2.05, 4.69) is 0 Å². The van der Waals surface area contributed by atoms with Crippen molar-refractivity contribution in [3.05, 3.63) is 28.3 Å². The van der Waals surface area contributed by atoms with Crippen LogP contribution in [0.25, 0.3) is 0 Å². The summed E-state index contributed by atoms with van der Waals surface area (Å²) in [4.78, 5) is 0. The fourth-order valence-electron chi connectivity index (χ4n) is 2.40. The van der Waals surface area contributed by atoms with Crippen LogP contribution in [0.5, 0.6) is 5.75 Å². The van der Waals surface area contributed by atoms with Crippen LogP contribution in [-0.4, -0.2) is 31.0 Å². The van der Waals surface area contributed by atoms with E-state index in [1.807, 2.05) is 19.1 Å². The Balaban J connectivity index is 1.99. The van der Waals surface area contributed by atoms with Gasteiger partial charge in [-0.25, -0.2) is 0 Å². The molecule has 2 unspecified atom stereocenters. The number of methoxy groups -OCH3 is 1. The van der Waals surface area contributed by atoms with Gasteiger partial charge >= 0.3 is 0 Å². The molecule has 0 fully saturated rings. The van der Waals surface area contributed by atoms with Crippen molar-refractivity contribution in [2.24, 2.45) is 0 Å². The Morgan fingerprint density at radius 1 is 1.42 bits per heavy atom. The highest BCUT2D eigenvalue weighted by atomic mass is 35.5. The van der Waals surface area contributed by atoms with E-state index < -0.39 is 0 Å². The van der Waals surface area contributed by atoms with Crippen LogP contribution < -0.4 is 4.74 Å². The van der Waals surface area contributed by atoms with Crippen LogP contribution in [0.1, 0.15) is 30.9 Å². The zero-order valence-corrected chi connectivity index (χ0v) is 12.2. The molecule has 0 aliphatic carbocycles. The second-order valence-corrected chi connectivity index (χ2v) is 5.57. The van der Waals surface area contributed by atoms with Crippen LogP contribution in [-0.2, 0) is 17.6 Å². The van der Waals surface area contributed by atoms with Gasteiger partial charge in [0.15, 0.2) is 0 Å². The minimum Gasteiger partial charge on any atom is -0.493 e. The maximum atomic E-state index is 10.1. The van der Waals surface area contributed by atoms with E-state index in [0.717, 1.165) is 41.2 Å². The number of hydrogen-bond donors (Lipinski definition) is 1. The van der Waals surface area contributed by atoms with Gasteiger partial charge in [0.1, 0.15) is 5.75 Å². The molecular formula is C15H21ClO3. The highest BCUT2D eigenvalue weighted by Gasteiger charge is 2.19. The third kappa shape index (κ3) is 3.85. The molecule has 19 heavy (non-hydrogen) atoms. The SMILES string of the molecule is COC(C)CCC(O)Cc1cc(Cl)cc2c1OCC2. The molecule has 1 aliphatic heterocycles. The molecule has 1 aromatic carbocycles. The molecule has 0 spiro atoms. The topological polar surface area (TPSA) is 38.7 Å². The number of rotatable bonds is 6. The molecule has 3 nitrogen and oxygen atoms in total. The quantitative estimate of drug-likeness (QED) is 0.873. The van der Waals surface area contributed by atoms with Gasteiger partial charge in [0.05, 0.1) is 18.8 Å². The van der Waals surface area contributed by atoms with Gasteiger partial charge in [0.25, 0.3) is 0 Å². The highest BCUT2D eigenvalue weighted by Crippen LogP contribution is 2.33. The number of ether oxygens (including phenoxy) is 2. The zero-order chi connectivity index (χ0) is 13.8. The predicted octanol–water partition coefficient (Wildman–Crippen LogP) is 2.99. The smallest absolute Gasteiger partial charge is 0.126 e. The van der Waals surface area contributed by atoms with Crippen LogP contribution in [0, 0.1) is 0 Å². The van der Waals surface area contributed by atoms with Gasteiger partial charge in [-0.2, -0.15) is 0 Å². The van der Waals surface area contributed by atoms with Crippen molar-refractivity contribution in [2.45, 2.75) is 44.8 Å². The molecule has 0 amide bonds. The van der Waals surface area contributed by atoms with Crippen LogP contribution >= 0.6 is 11.6 Å². The lowest BCUT2D eigenvalue weighted by Crippen LogP contribution is -2.15. The summed E-state index contributed by atoms with van der Waals surface area (Å²) in [5, 5.41) is 10.8. The molecule has 1 aliphatic rings. The van der Waals surface area contributed by atoms with Crippen molar-refractivity contribution in [2.75, 3.05) is 13.7 Å². The predicted molar refractivity (Wildman–Crippen MR) is 76.1 cm³/mol. The van der Waals surface area contributed by atoms with E-state index >= 15 is 0 Å². The normalized spacial score (nSPS) is 16.8. The Labute approximate surface area is 119 Å². The fourth-order valence-corrected chi connectivity index (χ4v) is 2.66. The monoisotopic (exact) mass is 284 g/mol. The average molecular weight is 285 g/mol. The Morgan fingerprint density at radius 3 is 2.95 bits per heavy atom. The summed E-state index contributed by atoms with van der Waals surface area (Å²) in [5.41, 5.74) is 2.16. The average Bonchev–Trinajstić information content (AvgIpc) is 2.84. The number of fused-ring (bicyclic) bond motifs is 1. The molecule has 0 saturated carbocycles. The van der Waals surface area contributed by atoms with Gasteiger partial charge in [0.2, 0.25) is 0 Å². The minimum atomic E-state index is -0.385. The molecule has 2 rings (SSSR count). The first-order valence-electron chi connectivity index (χ1n) is 6.75. The third-order valence-corrected chi connectivity index (χ3v) is 3.81. The molecule has 0 radical (unpaired) electrons. The second kappa shape index (κ2) is 6.60. The lowest BCUT2D eigenvalue weighted by molar-refractivity contribution is 0.0850. The fraction of sp³-hybridized carbons (Fsp3) is 0.600. The minimum absolute atomic E-state index is 0.177. The Kier molecular flexibility index (Phi) is 5.08. The largest absolute Gasteiger partial charge is 0.493 e. The lowest BCUT2D eigenvalue weighted by atomic mass is 10.00. The Hall–Kier alpha value is -0.770. The summed E-state index contributed by atoms with van der Waals surface area (Å²) in [7, 11) is 1.69. The van der Waals surface area contributed by atoms with Gasteiger partial charge in [0, 0.05) is 25.0 Å². The van der Waals surface area contributed by atoms with E-state index in [9.17, 15) is 5.11 Å². The number of aliphatic hydroxyl groups is 1. The van der Waals surface area contributed by atoms with Crippen molar-refractivity contribution >= 4 is 11.6 Å². The summed E-state index contributed by atoms with van der Waals surface area (Å²) in [6.07, 6.45) is 2.84. The Morgan fingerprint density at radius 2 is 2.21 bits per heavy atom. The second-order valence-electron chi connectivity index (χ2n) is 5.13. The molecule has 0 saturated heterocycles. The van der Waals surface area contributed by atoms with Crippen LogP contribution in [0.15, 0.2) is 12.1 Å². The van der Waals surface area contributed by atoms with Gasteiger partial charge < -0.3 is 14.6 Å². The summed E-state index contributed by atoms with van der Waals surface area (Å²) < 4.78 is 10.8. The number of benzene rings is 1. The van der Waals surface area contributed by atoms with Crippen LogP contribution in [0.4, 0.5) is 0 Å². The first-order valence-corrected chi connectivity index (χ1v) is 7.13. The molecule has 1 N–H and O–H groups in total. The van der Waals surface area contributed by atoms with E-state index in [1.165, 1.54) is 0 Å².